The van der Waals surface area contributed by atoms with Gasteiger partial charge in [0.05, 0.1) is 11.0 Å². The molecule has 0 spiro atoms. The number of carbonyl (C=O) groups is 3. The Morgan fingerprint density at radius 1 is 0.806 bits per heavy atom. The number of barbiturate groups is 1. The van der Waals surface area contributed by atoms with Crippen molar-refractivity contribution in [3.05, 3.63) is 67.6 Å². The van der Waals surface area contributed by atoms with Gasteiger partial charge in [-0.05, 0) is 12.1 Å². The number of hydrogen-bond acceptors (Lipinski definition) is 9. The van der Waals surface area contributed by atoms with E-state index in [2.05, 4.69) is 15.0 Å². The number of aromatic amines is 2. The van der Waals surface area contributed by atoms with Gasteiger partial charge >= 0.3 is 11.7 Å². The van der Waals surface area contributed by atoms with Gasteiger partial charge in [0, 0.05) is 0 Å². The number of aliphatic imine (C=N–C) groups is 1. The van der Waals surface area contributed by atoms with Gasteiger partial charge in [0.1, 0.15) is 33.9 Å². The first-order chi connectivity index (χ1) is 14.8. The van der Waals surface area contributed by atoms with E-state index < -0.39 is 46.1 Å². The molecule has 152 valence electrons. The highest BCUT2D eigenvalue weighted by Gasteiger charge is 2.38. The van der Waals surface area contributed by atoms with Crippen LogP contribution in [0.3, 0.4) is 0 Å². The molecule has 1 fully saturated rings. The number of nitrogens with one attached hydrogen (secondary N) is 4. The SMILES string of the molecule is O=C1NC(=O)C(=C2N=C(c3c(O)[nH]c(=O)[nH]c3=O)c3nc4ccccc4nc32)C(=O)N1. The highest BCUT2D eigenvalue weighted by atomic mass is 16.3. The Morgan fingerprint density at radius 2 is 1.42 bits per heavy atom. The van der Waals surface area contributed by atoms with Crippen LogP contribution >= 0.6 is 0 Å². The summed E-state index contributed by atoms with van der Waals surface area (Å²) in [5, 5.41) is 14.1. The van der Waals surface area contributed by atoms with Crippen LogP contribution in [-0.2, 0) is 9.59 Å². The van der Waals surface area contributed by atoms with Crippen LogP contribution in [0.15, 0.2) is 44.4 Å². The molecule has 0 unspecified atom stereocenters. The zero-order chi connectivity index (χ0) is 21.9. The number of fused-ring (bicyclic) bond motifs is 2. The maximum atomic E-state index is 12.4. The summed E-state index contributed by atoms with van der Waals surface area (Å²) in [6.07, 6.45) is 0. The minimum absolute atomic E-state index is 0.00783. The van der Waals surface area contributed by atoms with E-state index in [1.807, 2.05) is 20.6 Å². The van der Waals surface area contributed by atoms with Gasteiger partial charge in [-0.25, -0.2) is 24.5 Å². The third-order valence-corrected chi connectivity index (χ3v) is 4.55. The van der Waals surface area contributed by atoms with Crippen molar-refractivity contribution < 1.29 is 19.5 Å². The van der Waals surface area contributed by atoms with Gasteiger partial charge in [-0.3, -0.25) is 35.0 Å². The summed E-state index contributed by atoms with van der Waals surface area (Å²) in [5.74, 6) is -2.82. The number of hydrogen-bond donors (Lipinski definition) is 5. The second kappa shape index (κ2) is 6.28. The number of nitrogens with zero attached hydrogens (tertiary/aromatic N) is 3. The number of aromatic nitrogens is 4. The third kappa shape index (κ3) is 2.71. The number of urea groups is 1. The number of benzene rings is 1. The highest BCUT2D eigenvalue weighted by Crippen LogP contribution is 2.33. The van der Waals surface area contributed by atoms with Gasteiger partial charge in [-0.2, -0.15) is 0 Å². The monoisotopic (exact) mass is 419 g/mol. The molecule has 2 aromatic heterocycles. The lowest BCUT2D eigenvalue weighted by molar-refractivity contribution is -0.123. The fourth-order valence-electron chi connectivity index (χ4n) is 3.27. The molecule has 0 saturated carbocycles. The fourth-order valence-corrected chi connectivity index (χ4v) is 3.27. The minimum atomic E-state index is -1.02. The maximum absolute atomic E-state index is 12.4. The van der Waals surface area contributed by atoms with E-state index in [9.17, 15) is 29.1 Å². The number of para-hydroxylation sites is 2. The highest BCUT2D eigenvalue weighted by molar-refractivity contribution is 6.34. The molecule has 2 aliphatic rings. The first-order valence-corrected chi connectivity index (χ1v) is 8.66. The van der Waals surface area contributed by atoms with Gasteiger partial charge in [0.25, 0.3) is 17.4 Å². The number of aromatic hydroxyl groups is 1. The topological polar surface area (TPSA) is 199 Å². The molecular formula is C18H9N7O6. The van der Waals surface area contributed by atoms with Gasteiger partial charge in [0.15, 0.2) is 0 Å². The summed E-state index contributed by atoms with van der Waals surface area (Å²) < 4.78 is 0. The van der Waals surface area contributed by atoms with Crippen LogP contribution in [0, 0.1) is 0 Å². The van der Waals surface area contributed by atoms with E-state index in [4.69, 9.17) is 0 Å². The van der Waals surface area contributed by atoms with E-state index in [-0.39, 0.29) is 22.8 Å². The molecule has 2 aliphatic heterocycles. The Bertz CT molecular complexity index is 1520. The predicted molar refractivity (Wildman–Crippen MR) is 103 cm³/mol. The van der Waals surface area contributed by atoms with Crippen LogP contribution in [0.4, 0.5) is 4.79 Å². The number of carbonyl (C=O) groups excluding carboxylic acids is 3. The molecule has 0 radical (unpaired) electrons. The number of imide groups is 2. The lowest BCUT2D eigenvalue weighted by Gasteiger charge is -2.15. The molecule has 5 rings (SSSR count). The van der Waals surface area contributed by atoms with Crippen LogP contribution < -0.4 is 21.9 Å². The normalized spacial score (nSPS) is 15.6. The summed E-state index contributed by atoms with van der Waals surface area (Å²) in [4.78, 5) is 77.0. The van der Waals surface area contributed by atoms with Gasteiger partial charge in [-0.1, -0.05) is 12.1 Å². The Balaban J connectivity index is 1.87. The molecule has 1 aromatic carbocycles. The van der Waals surface area contributed by atoms with E-state index in [1.165, 1.54) is 0 Å². The molecule has 4 heterocycles. The van der Waals surface area contributed by atoms with Crippen molar-refractivity contribution in [3.8, 4) is 5.88 Å². The van der Waals surface area contributed by atoms with Gasteiger partial charge in [0.2, 0.25) is 5.88 Å². The second-order valence-corrected chi connectivity index (χ2v) is 6.46. The Morgan fingerprint density at radius 3 is 2.03 bits per heavy atom. The Labute approximate surface area is 169 Å². The van der Waals surface area contributed by atoms with E-state index in [1.54, 1.807) is 24.3 Å². The summed E-state index contributed by atoms with van der Waals surface area (Å²) in [6.45, 7) is 0. The standard InChI is InChI=1S/C18H9N7O6/c26-13-7(14(27)23-17(30)22-13)9-11-12(20-6-4-2-1-3-5(6)19-11)10(21-9)8-15(28)24-18(31)25-16(8)29/h1-4H,(H2,22,23,26,27,30)(H3,24,25,28,29,31). The number of H-pyrrole nitrogens is 2. The predicted octanol–water partition coefficient (Wildman–Crippen LogP) is -1.36. The Kier molecular flexibility index (Phi) is 3.67. The summed E-state index contributed by atoms with van der Waals surface area (Å²) >= 11 is 0. The molecule has 3 aromatic rings. The zero-order valence-electron chi connectivity index (χ0n) is 15.1. The quantitative estimate of drug-likeness (QED) is 0.235. The van der Waals surface area contributed by atoms with Crippen molar-refractivity contribution in [1.82, 2.24) is 30.6 Å². The van der Waals surface area contributed by atoms with Crippen LogP contribution in [0.25, 0.3) is 16.7 Å². The molecule has 31 heavy (non-hydrogen) atoms. The molecule has 0 bridgehead atoms. The first-order valence-electron chi connectivity index (χ1n) is 8.66. The largest absolute Gasteiger partial charge is 0.494 e. The van der Waals surface area contributed by atoms with Crippen molar-refractivity contribution >= 4 is 40.3 Å². The molecule has 0 aliphatic carbocycles. The van der Waals surface area contributed by atoms with E-state index >= 15 is 0 Å². The van der Waals surface area contributed by atoms with Crippen molar-refractivity contribution in [2.45, 2.75) is 0 Å². The lowest BCUT2D eigenvalue weighted by atomic mass is 10.1. The van der Waals surface area contributed by atoms with Crippen LogP contribution in [-0.4, -0.2) is 48.6 Å². The molecule has 13 nitrogen and oxygen atoms in total. The van der Waals surface area contributed by atoms with Crippen molar-refractivity contribution in [2.75, 3.05) is 0 Å². The molecule has 5 N–H and O–H groups in total. The second-order valence-electron chi connectivity index (χ2n) is 6.46. The average molecular weight is 419 g/mol. The van der Waals surface area contributed by atoms with Crippen molar-refractivity contribution in [3.63, 3.8) is 0 Å². The lowest BCUT2D eigenvalue weighted by Crippen LogP contribution is -2.51. The van der Waals surface area contributed by atoms with E-state index in [0.29, 0.717) is 11.0 Å². The average Bonchev–Trinajstić information content (AvgIpc) is 3.03. The summed E-state index contributed by atoms with van der Waals surface area (Å²) in [6, 6.07) is 5.68. The van der Waals surface area contributed by atoms with Gasteiger partial charge in [-0.15, -0.1) is 0 Å². The van der Waals surface area contributed by atoms with Crippen LogP contribution in [0.2, 0.25) is 0 Å². The van der Waals surface area contributed by atoms with E-state index in [0.717, 1.165) is 0 Å². The molecule has 13 heteroatoms. The maximum Gasteiger partial charge on any atom is 0.328 e. The number of rotatable bonds is 1. The first kappa shape index (κ1) is 18.1. The van der Waals surface area contributed by atoms with Crippen molar-refractivity contribution in [1.29, 1.82) is 0 Å². The fraction of sp³-hybridized carbons (Fsp3) is 0. The molecular weight excluding hydrogens is 410 g/mol. The molecule has 0 atom stereocenters. The zero-order valence-corrected chi connectivity index (χ0v) is 15.1. The minimum Gasteiger partial charge on any atom is -0.494 e. The van der Waals surface area contributed by atoms with Crippen molar-refractivity contribution in [2.24, 2.45) is 4.99 Å². The molecule has 4 amide bonds. The Hall–Kier alpha value is -4.94. The van der Waals surface area contributed by atoms with Crippen LogP contribution in [0.5, 0.6) is 5.88 Å². The number of amides is 4. The summed E-state index contributed by atoms with van der Waals surface area (Å²) in [7, 11) is 0. The van der Waals surface area contributed by atoms with Gasteiger partial charge < -0.3 is 5.11 Å². The van der Waals surface area contributed by atoms with Crippen LogP contribution in [0.1, 0.15) is 17.0 Å². The third-order valence-electron chi connectivity index (χ3n) is 4.55. The smallest absolute Gasteiger partial charge is 0.328 e. The summed E-state index contributed by atoms with van der Waals surface area (Å²) in [5.41, 5.74) is -2.57. The molecule has 1 saturated heterocycles.